The van der Waals surface area contributed by atoms with Crippen LogP contribution < -0.4 is 5.73 Å². The first-order valence-electron chi connectivity index (χ1n) is 9.13. The first-order chi connectivity index (χ1) is 14.5. The predicted octanol–water partition coefficient (Wildman–Crippen LogP) is 2.93. The van der Waals surface area contributed by atoms with Gasteiger partial charge in [0.2, 0.25) is 0 Å². The van der Waals surface area contributed by atoms with Crippen LogP contribution >= 0.6 is 0 Å². The Bertz CT molecular complexity index is 1240. The van der Waals surface area contributed by atoms with E-state index < -0.39 is 18.5 Å². The molecule has 2 N–H and O–H groups in total. The molecule has 0 saturated heterocycles. The molecule has 2 heterocycles. The molecule has 150 valence electrons. The van der Waals surface area contributed by atoms with Crippen LogP contribution in [0.4, 0.5) is 4.39 Å². The summed E-state index contributed by atoms with van der Waals surface area (Å²) in [4.78, 5) is 28.3. The number of carbonyl (C=O) groups is 2. The number of rotatable bonds is 6. The number of aromatic nitrogens is 3. The number of pyridine rings is 1. The number of benzene rings is 2. The number of nitrogens with two attached hydrogens (primary N) is 1. The molecule has 0 bridgehead atoms. The van der Waals surface area contributed by atoms with E-state index in [-0.39, 0.29) is 17.9 Å². The summed E-state index contributed by atoms with van der Waals surface area (Å²) in [5.74, 6) is -1.81. The number of primary amides is 1. The summed E-state index contributed by atoms with van der Waals surface area (Å²) >= 11 is 0. The fourth-order valence-corrected chi connectivity index (χ4v) is 3.11. The number of esters is 1. The lowest BCUT2D eigenvalue weighted by Crippen LogP contribution is -2.21. The second-order valence-electron chi connectivity index (χ2n) is 6.63. The van der Waals surface area contributed by atoms with E-state index in [1.54, 1.807) is 22.9 Å². The molecule has 1 amide bonds. The number of carbonyl (C=O) groups excluding carboxylic acids is 2. The van der Waals surface area contributed by atoms with E-state index in [0.717, 1.165) is 5.56 Å². The largest absolute Gasteiger partial charge is 0.452 e. The molecule has 0 aliphatic rings. The van der Waals surface area contributed by atoms with Crippen molar-refractivity contribution >= 4 is 22.9 Å². The number of fused-ring (bicyclic) bond motifs is 1. The van der Waals surface area contributed by atoms with Gasteiger partial charge in [0, 0.05) is 5.56 Å². The maximum atomic E-state index is 13.6. The van der Waals surface area contributed by atoms with Gasteiger partial charge in [-0.15, -0.1) is 0 Å². The van der Waals surface area contributed by atoms with Crippen LogP contribution in [0.5, 0.6) is 0 Å². The van der Waals surface area contributed by atoms with Gasteiger partial charge in [0.15, 0.2) is 12.3 Å². The van der Waals surface area contributed by atoms with Crippen molar-refractivity contribution in [2.75, 3.05) is 6.61 Å². The van der Waals surface area contributed by atoms with Crippen molar-refractivity contribution in [2.45, 2.75) is 6.54 Å². The highest BCUT2D eigenvalue weighted by molar-refractivity contribution is 6.04. The second-order valence-corrected chi connectivity index (χ2v) is 6.63. The zero-order valence-corrected chi connectivity index (χ0v) is 15.8. The first-order valence-corrected chi connectivity index (χ1v) is 9.13. The van der Waals surface area contributed by atoms with Crippen molar-refractivity contribution in [3.63, 3.8) is 0 Å². The standard InChI is InChI=1S/C22H17FN4O3/c23-16-8-4-5-14(9-16)12-27-21-18(11-25-27)17(22(29)30-13-20(24)28)10-19(26-21)15-6-2-1-3-7-15/h1-11H,12-13H2,(H2,24,28). The summed E-state index contributed by atoms with van der Waals surface area (Å²) in [5, 5.41) is 4.78. The fourth-order valence-electron chi connectivity index (χ4n) is 3.11. The molecule has 0 atom stereocenters. The Morgan fingerprint density at radius 1 is 1.07 bits per heavy atom. The Balaban J connectivity index is 1.82. The smallest absolute Gasteiger partial charge is 0.339 e. The number of hydrogen-bond acceptors (Lipinski definition) is 5. The van der Waals surface area contributed by atoms with E-state index in [1.165, 1.54) is 18.3 Å². The molecule has 0 aliphatic heterocycles. The number of nitrogens with zero attached hydrogens (tertiary/aromatic N) is 3. The molecular weight excluding hydrogens is 387 g/mol. The van der Waals surface area contributed by atoms with Gasteiger partial charge in [0.1, 0.15) is 5.82 Å². The quantitative estimate of drug-likeness (QED) is 0.498. The van der Waals surface area contributed by atoms with Crippen LogP contribution in [0, 0.1) is 5.82 Å². The molecule has 4 rings (SSSR count). The van der Waals surface area contributed by atoms with Crippen molar-refractivity contribution in [3.8, 4) is 11.3 Å². The van der Waals surface area contributed by atoms with Crippen LogP contribution in [0.1, 0.15) is 15.9 Å². The lowest BCUT2D eigenvalue weighted by Gasteiger charge is -2.09. The van der Waals surface area contributed by atoms with E-state index in [1.807, 2.05) is 30.3 Å². The summed E-state index contributed by atoms with van der Waals surface area (Å²) in [7, 11) is 0. The molecule has 0 fully saturated rings. The third kappa shape index (κ3) is 4.02. The van der Waals surface area contributed by atoms with Gasteiger partial charge in [-0.3, -0.25) is 4.79 Å². The summed E-state index contributed by atoms with van der Waals surface area (Å²) in [6.07, 6.45) is 1.50. The maximum Gasteiger partial charge on any atom is 0.339 e. The van der Waals surface area contributed by atoms with Gasteiger partial charge in [-0.25, -0.2) is 18.9 Å². The fraction of sp³-hybridized carbons (Fsp3) is 0.0909. The summed E-state index contributed by atoms with van der Waals surface area (Å²) in [5.41, 5.74) is 7.76. The lowest BCUT2D eigenvalue weighted by atomic mass is 10.1. The van der Waals surface area contributed by atoms with Crippen LogP contribution in [-0.4, -0.2) is 33.2 Å². The predicted molar refractivity (Wildman–Crippen MR) is 108 cm³/mol. The molecule has 8 heteroatoms. The molecule has 0 aliphatic carbocycles. The SMILES string of the molecule is NC(=O)COC(=O)c1cc(-c2ccccc2)nc2c1cnn2Cc1cccc(F)c1. The highest BCUT2D eigenvalue weighted by atomic mass is 19.1. The van der Waals surface area contributed by atoms with Gasteiger partial charge < -0.3 is 10.5 Å². The van der Waals surface area contributed by atoms with Crippen LogP contribution in [-0.2, 0) is 16.1 Å². The monoisotopic (exact) mass is 404 g/mol. The number of hydrogen-bond donors (Lipinski definition) is 1. The molecule has 0 spiro atoms. The van der Waals surface area contributed by atoms with Crippen LogP contribution in [0.25, 0.3) is 22.3 Å². The van der Waals surface area contributed by atoms with Crippen molar-refractivity contribution in [2.24, 2.45) is 5.73 Å². The minimum Gasteiger partial charge on any atom is -0.452 e. The molecule has 30 heavy (non-hydrogen) atoms. The number of halogens is 1. The average Bonchev–Trinajstić information content (AvgIpc) is 3.14. The first kappa shape index (κ1) is 19.3. The van der Waals surface area contributed by atoms with Gasteiger partial charge in [-0.1, -0.05) is 42.5 Å². The molecule has 7 nitrogen and oxygen atoms in total. The minimum absolute atomic E-state index is 0.214. The topological polar surface area (TPSA) is 100 Å². The summed E-state index contributed by atoms with van der Waals surface area (Å²) in [6.45, 7) is -0.261. The average molecular weight is 404 g/mol. The van der Waals surface area contributed by atoms with E-state index >= 15 is 0 Å². The van der Waals surface area contributed by atoms with Gasteiger partial charge in [0.05, 0.1) is 29.4 Å². The van der Waals surface area contributed by atoms with Crippen molar-refractivity contribution < 1.29 is 18.7 Å². The zero-order valence-electron chi connectivity index (χ0n) is 15.8. The zero-order chi connectivity index (χ0) is 21.1. The van der Waals surface area contributed by atoms with E-state index in [0.29, 0.717) is 22.3 Å². The molecule has 0 unspecified atom stereocenters. The van der Waals surface area contributed by atoms with Crippen LogP contribution in [0.15, 0.2) is 66.9 Å². The molecule has 4 aromatic rings. The molecular formula is C22H17FN4O3. The summed E-state index contributed by atoms with van der Waals surface area (Å²) in [6, 6.07) is 17.1. The Morgan fingerprint density at radius 3 is 2.60 bits per heavy atom. The summed E-state index contributed by atoms with van der Waals surface area (Å²) < 4.78 is 20.2. The molecule has 0 radical (unpaired) electrons. The molecule has 2 aromatic heterocycles. The maximum absolute atomic E-state index is 13.6. The number of ether oxygens (including phenoxy) is 1. The highest BCUT2D eigenvalue weighted by Gasteiger charge is 2.19. The van der Waals surface area contributed by atoms with E-state index in [4.69, 9.17) is 10.5 Å². The van der Waals surface area contributed by atoms with Gasteiger partial charge in [-0.2, -0.15) is 5.10 Å². The molecule has 0 saturated carbocycles. The van der Waals surface area contributed by atoms with E-state index in [9.17, 15) is 14.0 Å². The van der Waals surface area contributed by atoms with Crippen LogP contribution in [0.3, 0.4) is 0 Å². The van der Waals surface area contributed by atoms with Gasteiger partial charge >= 0.3 is 5.97 Å². The van der Waals surface area contributed by atoms with Crippen LogP contribution in [0.2, 0.25) is 0 Å². The second kappa shape index (κ2) is 8.12. The van der Waals surface area contributed by atoms with E-state index in [2.05, 4.69) is 10.1 Å². The van der Waals surface area contributed by atoms with Crippen molar-refractivity contribution in [1.82, 2.24) is 14.8 Å². The minimum atomic E-state index is -0.751. The van der Waals surface area contributed by atoms with Crippen molar-refractivity contribution in [3.05, 3.63) is 83.8 Å². The lowest BCUT2D eigenvalue weighted by molar-refractivity contribution is -0.121. The van der Waals surface area contributed by atoms with Gasteiger partial charge in [0.25, 0.3) is 5.91 Å². The molecule has 2 aromatic carbocycles. The Morgan fingerprint density at radius 2 is 1.87 bits per heavy atom. The normalized spacial score (nSPS) is 10.8. The Hall–Kier alpha value is -4.07. The number of amides is 1. The van der Waals surface area contributed by atoms with Crippen molar-refractivity contribution in [1.29, 1.82) is 0 Å². The highest BCUT2D eigenvalue weighted by Crippen LogP contribution is 2.26. The van der Waals surface area contributed by atoms with Gasteiger partial charge in [-0.05, 0) is 23.8 Å². The Labute approximate surface area is 170 Å². The third-order valence-corrected chi connectivity index (χ3v) is 4.47. The third-order valence-electron chi connectivity index (χ3n) is 4.47. The Kier molecular flexibility index (Phi) is 5.21.